The fraction of sp³-hybridized carbons (Fsp3) is 0.250. The molecule has 0 aromatic rings. The molecule has 0 saturated carbocycles. The van der Waals surface area contributed by atoms with Crippen LogP contribution in [0.1, 0.15) is 0 Å². The standard InChI is InChI=1S/C4H4ClNS/c5-2-1-3-7-4-6/h1,3H,2H2. The predicted octanol–water partition coefficient (Wildman–Crippen LogP) is 1.95. The van der Waals surface area contributed by atoms with E-state index in [0.717, 1.165) is 11.8 Å². The van der Waals surface area contributed by atoms with E-state index in [2.05, 4.69) is 0 Å². The van der Waals surface area contributed by atoms with Crippen molar-refractivity contribution in [3.63, 3.8) is 0 Å². The second-order valence-corrected chi connectivity index (χ2v) is 1.73. The molecule has 0 radical (unpaired) electrons. The van der Waals surface area contributed by atoms with Crippen LogP contribution in [0.2, 0.25) is 0 Å². The summed E-state index contributed by atoms with van der Waals surface area (Å²) in [7, 11) is 0. The van der Waals surface area contributed by atoms with Gasteiger partial charge in [0.1, 0.15) is 5.40 Å². The molecule has 0 spiro atoms. The molecule has 0 rings (SSSR count). The minimum atomic E-state index is 0.481. The lowest BCUT2D eigenvalue weighted by Gasteiger charge is -1.69. The van der Waals surface area contributed by atoms with Crippen LogP contribution >= 0.6 is 23.4 Å². The lowest BCUT2D eigenvalue weighted by molar-refractivity contribution is 1.57. The van der Waals surface area contributed by atoms with Gasteiger partial charge < -0.3 is 0 Å². The van der Waals surface area contributed by atoms with Gasteiger partial charge in [0.05, 0.1) is 0 Å². The van der Waals surface area contributed by atoms with Crippen LogP contribution < -0.4 is 0 Å². The summed E-state index contributed by atoms with van der Waals surface area (Å²) in [5, 5.41) is 11.4. The Bertz CT molecular complexity index is 94.4. The van der Waals surface area contributed by atoms with E-state index >= 15 is 0 Å². The molecular weight excluding hydrogens is 130 g/mol. The summed E-state index contributed by atoms with van der Waals surface area (Å²) in [5.74, 6) is 0.481. The Balaban J connectivity index is 2.97. The Hall–Kier alpha value is -0.130. The molecule has 0 amide bonds. The normalized spacial score (nSPS) is 9.14. The molecule has 3 heteroatoms. The van der Waals surface area contributed by atoms with Gasteiger partial charge in [-0.1, -0.05) is 6.08 Å². The Morgan fingerprint density at radius 2 is 2.57 bits per heavy atom. The molecular formula is C4H4ClNS. The zero-order valence-electron chi connectivity index (χ0n) is 3.60. The average Bonchev–Trinajstić information content (AvgIpc) is 1.69. The molecule has 7 heavy (non-hydrogen) atoms. The van der Waals surface area contributed by atoms with E-state index in [1.165, 1.54) is 0 Å². The highest BCUT2D eigenvalue weighted by molar-refractivity contribution is 8.06. The molecule has 0 aliphatic rings. The number of alkyl halides is 1. The number of rotatable bonds is 2. The van der Waals surface area contributed by atoms with Crippen LogP contribution in [0.25, 0.3) is 0 Å². The highest BCUT2D eigenvalue weighted by Crippen LogP contribution is 1.96. The molecule has 0 N–H and O–H groups in total. The summed E-state index contributed by atoms with van der Waals surface area (Å²) < 4.78 is 0. The SMILES string of the molecule is N#CSC=CCCl. The first-order valence-electron chi connectivity index (χ1n) is 1.67. The lowest BCUT2D eigenvalue weighted by atomic mass is 10.8. The maximum Gasteiger partial charge on any atom is 0.137 e. The third kappa shape index (κ3) is 5.87. The van der Waals surface area contributed by atoms with Crippen molar-refractivity contribution in [3.8, 4) is 5.40 Å². The van der Waals surface area contributed by atoms with Gasteiger partial charge >= 0.3 is 0 Å². The van der Waals surface area contributed by atoms with E-state index in [1.54, 1.807) is 11.5 Å². The molecule has 0 atom stereocenters. The topological polar surface area (TPSA) is 23.8 Å². The summed E-state index contributed by atoms with van der Waals surface area (Å²) in [6.07, 6.45) is 1.72. The first-order valence-corrected chi connectivity index (χ1v) is 3.09. The first kappa shape index (κ1) is 6.87. The summed E-state index contributed by atoms with van der Waals surface area (Å²) >= 11 is 6.30. The van der Waals surface area contributed by atoms with Crippen LogP contribution in [-0.4, -0.2) is 5.88 Å². The molecule has 0 saturated heterocycles. The fourth-order valence-corrected chi connectivity index (χ4v) is 0.563. The van der Waals surface area contributed by atoms with Gasteiger partial charge in [0, 0.05) is 5.88 Å². The van der Waals surface area contributed by atoms with Gasteiger partial charge in [-0.3, -0.25) is 0 Å². The van der Waals surface area contributed by atoms with Crippen LogP contribution in [0.3, 0.4) is 0 Å². The molecule has 1 nitrogen and oxygen atoms in total. The van der Waals surface area contributed by atoms with Gasteiger partial charge in [-0.2, -0.15) is 5.26 Å². The lowest BCUT2D eigenvalue weighted by Crippen LogP contribution is -1.52. The predicted molar refractivity (Wildman–Crippen MR) is 33.1 cm³/mol. The number of thiocyanates is 1. The number of allylic oxidation sites excluding steroid dienone is 1. The van der Waals surface area contributed by atoms with Crippen LogP contribution in [-0.2, 0) is 0 Å². The second kappa shape index (κ2) is 5.87. The number of thioether (sulfide) groups is 1. The third-order valence-electron chi connectivity index (χ3n) is 0.306. The number of nitriles is 1. The monoisotopic (exact) mass is 133 g/mol. The van der Waals surface area contributed by atoms with E-state index in [-0.39, 0.29) is 0 Å². The van der Waals surface area contributed by atoms with E-state index in [0.29, 0.717) is 5.88 Å². The summed E-state index contributed by atoms with van der Waals surface area (Å²) in [6, 6.07) is 0. The van der Waals surface area contributed by atoms with Gasteiger partial charge in [-0.15, -0.1) is 11.6 Å². The maximum atomic E-state index is 7.91. The molecule has 0 aliphatic heterocycles. The Morgan fingerprint density at radius 3 is 3.00 bits per heavy atom. The molecule has 0 heterocycles. The van der Waals surface area contributed by atoms with Crippen LogP contribution in [0.5, 0.6) is 0 Å². The Labute approximate surface area is 52.0 Å². The Kier molecular flexibility index (Phi) is 5.76. The Morgan fingerprint density at radius 1 is 1.86 bits per heavy atom. The van der Waals surface area contributed by atoms with Crippen molar-refractivity contribution >= 4 is 23.4 Å². The highest BCUT2D eigenvalue weighted by atomic mass is 35.5. The number of hydrogen-bond acceptors (Lipinski definition) is 2. The van der Waals surface area contributed by atoms with Crippen molar-refractivity contribution in [3.05, 3.63) is 11.5 Å². The number of halogens is 1. The van der Waals surface area contributed by atoms with E-state index in [9.17, 15) is 0 Å². The first-order chi connectivity index (χ1) is 3.41. The maximum absolute atomic E-state index is 7.91. The summed E-state index contributed by atoms with van der Waals surface area (Å²) in [6.45, 7) is 0. The van der Waals surface area contributed by atoms with Crippen molar-refractivity contribution in [1.29, 1.82) is 5.26 Å². The van der Waals surface area contributed by atoms with Crippen LogP contribution in [0, 0.1) is 10.7 Å². The number of hydrogen-bond donors (Lipinski definition) is 0. The zero-order chi connectivity index (χ0) is 5.54. The van der Waals surface area contributed by atoms with Gasteiger partial charge in [-0.25, -0.2) is 0 Å². The molecule has 0 aliphatic carbocycles. The van der Waals surface area contributed by atoms with Crippen molar-refractivity contribution in [1.82, 2.24) is 0 Å². The smallest absolute Gasteiger partial charge is 0.137 e. The largest absolute Gasteiger partial charge is 0.185 e. The average molecular weight is 134 g/mol. The summed E-state index contributed by atoms with van der Waals surface area (Å²) in [5.41, 5.74) is 0. The van der Waals surface area contributed by atoms with Gasteiger partial charge in [0.2, 0.25) is 0 Å². The number of nitrogens with zero attached hydrogens (tertiary/aromatic N) is 1. The zero-order valence-corrected chi connectivity index (χ0v) is 5.17. The molecule has 0 aromatic carbocycles. The van der Waals surface area contributed by atoms with Crippen molar-refractivity contribution < 1.29 is 0 Å². The van der Waals surface area contributed by atoms with Crippen LogP contribution in [0.4, 0.5) is 0 Å². The molecule has 0 fully saturated rings. The quantitative estimate of drug-likeness (QED) is 0.425. The summed E-state index contributed by atoms with van der Waals surface area (Å²) in [4.78, 5) is 0. The minimum Gasteiger partial charge on any atom is -0.185 e. The second-order valence-electron chi connectivity index (χ2n) is 0.735. The van der Waals surface area contributed by atoms with Crippen molar-refractivity contribution in [2.24, 2.45) is 0 Å². The van der Waals surface area contributed by atoms with Gasteiger partial charge in [-0.05, 0) is 17.2 Å². The molecule has 0 unspecified atom stereocenters. The minimum absolute atomic E-state index is 0.481. The third-order valence-corrected chi connectivity index (χ3v) is 0.918. The van der Waals surface area contributed by atoms with Crippen molar-refractivity contribution in [2.45, 2.75) is 0 Å². The fourth-order valence-electron chi connectivity index (χ4n) is 0.115. The van der Waals surface area contributed by atoms with Crippen molar-refractivity contribution in [2.75, 3.05) is 5.88 Å². The van der Waals surface area contributed by atoms with E-state index < -0.39 is 0 Å². The molecule has 0 aromatic heterocycles. The molecule has 38 valence electrons. The van der Waals surface area contributed by atoms with E-state index in [4.69, 9.17) is 16.9 Å². The molecule has 0 bridgehead atoms. The van der Waals surface area contributed by atoms with Gasteiger partial charge in [0.25, 0.3) is 0 Å². The highest BCUT2D eigenvalue weighted by Gasteiger charge is 1.67. The van der Waals surface area contributed by atoms with E-state index in [1.807, 2.05) is 5.40 Å². The van der Waals surface area contributed by atoms with Gasteiger partial charge in [0.15, 0.2) is 0 Å². The van der Waals surface area contributed by atoms with Crippen LogP contribution in [0.15, 0.2) is 11.5 Å².